The lowest BCUT2D eigenvalue weighted by atomic mass is 10.1. The summed E-state index contributed by atoms with van der Waals surface area (Å²) in [4.78, 5) is 8.94. The molecule has 0 aliphatic heterocycles. The Labute approximate surface area is 191 Å². The fourth-order valence-corrected chi connectivity index (χ4v) is 2.60. The topological polar surface area (TPSA) is 84.6 Å². The minimum Gasteiger partial charge on any atom is -0.490 e. The van der Waals surface area contributed by atoms with Crippen molar-refractivity contribution in [3.8, 4) is 5.75 Å². The van der Waals surface area contributed by atoms with E-state index in [1.807, 2.05) is 6.92 Å². The molecule has 0 aliphatic rings. The van der Waals surface area contributed by atoms with Gasteiger partial charge in [0, 0.05) is 25.1 Å². The van der Waals surface area contributed by atoms with Crippen LogP contribution in [0.1, 0.15) is 56.5 Å². The molecular formula is C21H34IN5O2. The molecule has 2 aromatic rings. The Kier molecular flexibility index (Phi) is 11.6. The molecular weight excluding hydrogens is 481 g/mol. The second-order valence-corrected chi connectivity index (χ2v) is 6.91. The first-order valence-electron chi connectivity index (χ1n) is 10.1. The van der Waals surface area contributed by atoms with Gasteiger partial charge in [-0.3, -0.25) is 0 Å². The smallest absolute Gasteiger partial charge is 0.226 e. The number of hydrogen-bond acceptors (Lipinski definition) is 5. The van der Waals surface area contributed by atoms with Crippen LogP contribution in [0.25, 0.3) is 0 Å². The molecule has 1 heterocycles. The standard InChI is InChI=1S/C21H33N5O2.HI/c1-6-16(4)27-19-13-15(3)10-11-18(19)14-24-21(22-7-2)23-12-8-9-20-25-17(5)26-28-20;/h10-11,13,16H,6-9,12,14H2,1-5H3,(H2,22,23,24);1H. The molecule has 2 N–H and O–H groups in total. The van der Waals surface area contributed by atoms with Gasteiger partial charge in [0.15, 0.2) is 11.8 Å². The van der Waals surface area contributed by atoms with Gasteiger partial charge in [0.05, 0.1) is 12.6 Å². The molecule has 0 amide bonds. The molecule has 2 rings (SSSR count). The Morgan fingerprint density at radius 1 is 1.24 bits per heavy atom. The zero-order valence-electron chi connectivity index (χ0n) is 18.1. The van der Waals surface area contributed by atoms with E-state index in [1.165, 1.54) is 5.56 Å². The minimum atomic E-state index is 0. The molecule has 0 radical (unpaired) electrons. The number of guanidine groups is 1. The molecule has 0 saturated heterocycles. The zero-order valence-corrected chi connectivity index (χ0v) is 20.4. The summed E-state index contributed by atoms with van der Waals surface area (Å²) in [6.07, 6.45) is 2.79. The number of hydrogen-bond donors (Lipinski definition) is 2. The fraction of sp³-hybridized carbons (Fsp3) is 0.571. The number of aliphatic imine (C=N–C) groups is 1. The third-order valence-electron chi connectivity index (χ3n) is 4.31. The van der Waals surface area contributed by atoms with Crippen molar-refractivity contribution in [3.63, 3.8) is 0 Å². The van der Waals surface area contributed by atoms with Gasteiger partial charge in [-0.15, -0.1) is 24.0 Å². The van der Waals surface area contributed by atoms with Crippen LogP contribution < -0.4 is 15.4 Å². The van der Waals surface area contributed by atoms with Crippen molar-refractivity contribution in [2.45, 2.75) is 66.5 Å². The maximum Gasteiger partial charge on any atom is 0.226 e. The highest BCUT2D eigenvalue weighted by Gasteiger charge is 2.08. The van der Waals surface area contributed by atoms with Gasteiger partial charge in [0.2, 0.25) is 5.89 Å². The second-order valence-electron chi connectivity index (χ2n) is 6.91. The molecule has 1 atom stereocenters. The number of nitrogens with one attached hydrogen (secondary N) is 2. The van der Waals surface area contributed by atoms with Crippen LogP contribution >= 0.6 is 24.0 Å². The van der Waals surface area contributed by atoms with Gasteiger partial charge in [-0.25, -0.2) is 4.99 Å². The van der Waals surface area contributed by atoms with Crippen LogP contribution in [-0.2, 0) is 13.0 Å². The third kappa shape index (κ3) is 9.01. The van der Waals surface area contributed by atoms with Gasteiger partial charge in [-0.05, 0) is 52.2 Å². The maximum absolute atomic E-state index is 6.08. The van der Waals surface area contributed by atoms with Crippen LogP contribution in [-0.4, -0.2) is 35.3 Å². The van der Waals surface area contributed by atoms with Crippen LogP contribution in [0.2, 0.25) is 0 Å². The monoisotopic (exact) mass is 515 g/mol. The van der Waals surface area contributed by atoms with Gasteiger partial charge < -0.3 is 19.9 Å². The fourth-order valence-electron chi connectivity index (χ4n) is 2.60. The van der Waals surface area contributed by atoms with E-state index in [-0.39, 0.29) is 30.1 Å². The van der Waals surface area contributed by atoms with Crippen LogP contribution in [0, 0.1) is 13.8 Å². The zero-order chi connectivity index (χ0) is 20.4. The van der Waals surface area contributed by atoms with E-state index in [9.17, 15) is 0 Å². The van der Waals surface area contributed by atoms with E-state index < -0.39 is 0 Å². The Hall–Kier alpha value is -1.84. The maximum atomic E-state index is 6.08. The Balaban J connectivity index is 0.00000420. The Morgan fingerprint density at radius 2 is 2.03 bits per heavy atom. The predicted octanol–water partition coefficient (Wildman–Crippen LogP) is 4.17. The van der Waals surface area contributed by atoms with Gasteiger partial charge in [0.1, 0.15) is 5.75 Å². The Bertz CT molecular complexity index is 763. The summed E-state index contributed by atoms with van der Waals surface area (Å²) in [6, 6.07) is 6.28. The average molecular weight is 515 g/mol. The van der Waals surface area contributed by atoms with Crippen LogP contribution in [0.3, 0.4) is 0 Å². The summed E-state index contributed by atoms with van der Waals surface area (Å²) in [6.45, 7) is 12.3. The van der Waals surface area contributed by atoms with Crippen LogP contribution in [0.5, 0.6) is 5.75 Å². The van der Waals surface area contributed by atoms with E-state index in [2.05, 4.69) is 66.7 Å². The first-order valence-corrected chi connectivity index (χ1v) is 10.1. The number of halogens is 1. The number of benzene rings is 1. The molecule has 1 unspecified atom stereocenters. The van der Waals surface area contributed by atoms with Gasteiger partial charge in [0.25, 0.3) is 0 Å². The molecule has 1 aromatic heterocycles. The van der Waals surface area contributed by atoms with Crippen molar-refractivity contribution in [2.75, 3.05) is 13.1 Å². The Morgan fingerprint density at radius 3 is 2.69 bits per heavy atom. The van der Waals surface area contributed by atoms with Crippen molar-refractivity contribution < 1.29 is 9.26 Å². The number of nitrogens with zero attached hydrogens (tertiary/aromatic N) is 3. The number of aryl methyl sites for hydroxylation is 3. The van der Waals surface area contributed by atoms with E-state index >= 15 is 0 Å². The molecule has 0 spiro atoms. The molecule has 0 aliphatic carbocycles. The molecule has 1 aromatic carbocycles. The summed E-state index contributed by atoms with van der Waals surface area (Å²) in [5.41, 5.74) is 2.27. The van der Waals surface area contributed by atoms with Gasteiger partial charge >= 0.3 is 0 Å². The summed E-state index contributed by atoms with van der Waals surface area (Å²) >= 11 is 0. The lowest BCUT2D eigenvalue weighted by molar-refractivity contribution is 0.215. The molecule has 0 fully saturated rings. The van der Waals surface area contributed by atoms with Crippen molar-refractivity contribution in [2.24, 2.45) is 4.99 Å². The highest BCUT2D eigenvalue weighted by Crippen LogP contribution is 2.23. The molecule has 162 valence electrons. The number of ether oxygens (including phenoxy) is 1. The highest BCUT2D eigenvalue weighted by atomic mass is 127. The van der Waals surface area contributed by atoms with E-state index in [4.69, 9.17) is 14.3 Å². The normalized spacial score (nSPS) is 12.2. The number of aromatic nitrogens is 2. The quantitative estimate of drug-likeness (QED) is 0.214. The molecule has 7 nitrogen and oxygen atoms in total. The summed E-state index contributed by atoms with van der Waals surface area (Å²) in [5, 5.41) is 10.5. The van der Waals surface area contributed by atoms with Crippen molar-refractivity contribution >= 4 is 29.9 Å². The van der Waals surface area contributed by atoms with Crippen molar-refractivity contribution in [1.29, 1.82) is 0 Å². The van der Waals surface area contributed by atoms with Crippen molar-refractivity contribution in [1.82, 2.24) is 20.8 Å². The van der Waals surface area contributed by atoms with E-state index in [0.717, 1.165) is 49.6 Å². The summed E-state index contributed by atoms with van der Waals surface area (Å²) in [5.74, 6) is 3.05. The first-order chi connectivity index (χ1) is 13.5. The highest BCUT2D eigenvalue weighted by molar-refractivity contribution is 14.0. The molecule has 0 saturated carbocycles. The van der Waals surface area contributed by atoms with Crippen molar-refractivity contribution in [3.05, 3.63) is 41.0 Å². The number of rotatable bonds is 10. The molecule has 8 heteroatoms. The average Bonchev–Trinajstić information content (AvgIpc) is 3.09. The van der Waals surface area contributed by atoms with Gasteiger partial charge in [-0.2, -0.15) is 4.98 Å². The van der Waals surface area contributed by atoms with Crippen LogP contribution in [0.4, 0.5) is 0 Å². The van der Waals surface area contributed by atoms with Crippen LogP contribution in [0.15, 0.2) is 27.7 Å². The summed E-state index contributed by atoms with van der Waals surface area (Å²) < 4.78 is 11.2. The summed E-state index contributed by atoms with van der Waals surface area (Å²) in [7, 11) is 0. The van der Waals surface area contributed by atoms with E-state index in [1.54, 1.807) is 0 Å². The SMILES string of the molecule is CCNC(=NCc1ccc(C)cc1OC(C)CC)NCCCc1nc(C)no1.I. The van der Waals surface area contributed by atoms with E-state index in [0.29, 0.717) is 18.3 Å². The molecule has 29 heavy (non-hydrogen) atoms. The molecule has 0 bridgehead atoms. The largest absolute Gasteiger partial charge is 0.490 e. The minimum absolute atomic E-state index is 0. The third-order valence-corrected chi connectivity index (χ3v) is 4.31. The lowest BCUT2D eigenvalue weighted by Crippen LogP contribution is -2.37. The second kappa shape index (κ2) is 13.4. The van der Waals surface area contributed by atoms with Gasteiger partial charge in [-0.1, -0.05) is 24.2 Å². The predicted molar refractivity (Wildman–Crippen MR) is 127 cm³/mol. The first kappa shape index (κ1) is 25.2. The lowest BCUT2D eigenvalue weighted by Gasteiger charge is -2.17.